The highest BCUT2D eigenvalue weighted by Gasteiger charge is 2.08. The molecule has 0 aliphatic heterocycles. The molecule has 0 aliphatic carbocycles. The summed E-state index contributed by atoms with van der Waals surface area (Å²) in [6.45, 7) is 0. The molecule has 0 radical (unpaired) electrons. The van der Waals surface area contributed by atoms with Gasteiger partial charge in [0.05, 0.1) is 15.7 Å². The van der Waals surface area contributed by atoms with Crippen LogP contribution in [0, 0.1) is 0 Å². The molecule has 6 heteroatoms. The van der Waals surface area contributed by atoms with Gasteiger partial charge in [-0.25, -0.2) is 4.79 Å². The van der Waals surface area contributed by atoms with Crippen molar-refractivity contribution < 1.29 is 4.79 Å². The second kappa shape index (κ2) is 5.82. The van der Waals surface area contributed by atoms with Gasteiger partial charge in [-0.1, -0.05) is 29.3 Å². The Labute approximate surface area is 120 Å². The third-order valence-corrected chi connectivity index (χ3v) is 3.19. The summed E-state index contributed by atoms with van der Waals surface area (Å²) in [6.07, 6.45) is 0. The highest BCUT2D eigenvalue weighted by atomic mass is 35.5. The van der Waals surface area contributed by atoms with Crippen molar-refractivity contribution in [3.63, 3.8) is 0 Å². The number of amides is 2. The van der Waals surface area contributed by atoms with Gasteiger partial charge in [-0.05, 0) is 36.4 Å². The molecular formula is C13H11Cl2N3O. The molecule has 0 spiro atoms. The number of urea groups is 1. The Balaban J connectivity index is 2.05. The number of nitrogen functional groups attached to an aromatic ring is 1. The molecule has 0 saturated carbocycles. The summed E-state index contributed by atoms with van der Waals surface area (Å²) in [5.41, 5.74) is 7.26. The number of hydrogen-bond acceptors (Lipinski definition) is 2. The van der Waals surface area contributed by atoms with Crippen molar-refractivity contribution in [2.24, 2.45) is 0 Å². The van der Waals surface area contributed by atoms with E-state index < -0.39 is 6.03 Å². The lowest BCUT2D eigenvalue weighted by Gasteiger charge is -2.09. The van der Waals surface area contributed by atoms with Crippen LogP contribution in [0.25, 0.3) is 0 Å². The number of benzene rings is 2. The lowest BCUT2D eigenvalue weighted by atomic mass is 10.3. The van der Waals surface area contributed by atoms with E-state index >= 15 is 0 Å². The van der Waals surface area contributed by atoms with Crippen LogP contribution in [0.3, 0.4) is 0 Å². The van der Waals surface area contributed by atoms with Gasteiger partial charge in [0.1, 0.15) is 0 Å². The molecule has 0 bridgehead atoms. The fraction of sp³-hybridized carbons (Fsp3) is 0. The van der Waals surface area contributed by atoms with E-state index in [9.17, 15) is 4.79 Å². The Morgan fingerprint density at radius 2 is 1.68 bits per heavy atom. The van der Waals surface area contributed by atoms with Crippen LogP contribution in [0.4, 0.5) is 21.9 Å². The number of nitrogens with one attached hydrogen (secondary N) is 2. The van der Waals surface area contributed by atoms with Gasteiger partial charge in [0.25, 0.3) is 0 Å². The van der Waals surface area contributed by atoms with Crippen molar-refractivity contribution in [3.05, 3.63) is 52.5 Å². The monoisotopic (exact) mass is 295 g/mol. The molecule has 0 aromatic heterocycles. The fourth-order valence-electron chi connectivity index (χ4n) is 1.45. The van der Waals surface area contributed by atoms with Crippen molar-refractivity contribution in [3.8, 4) is 0 Å². The molecule has 0 unspecified atom stereocenters. The summed E-state index contributed by atoms with van der Waals surface area (Å²) in [6, 6.07) is 11.4. The third kappa shape index (κ3) is 3.53. The summed E-state index contributed by atoms with van der Waals surface area (Å²) >= 11 is 11.8. The van der Waals surface area contributed by atoms with Gasteiger partial charge in [-0.3, -0.25) is 0 Å². The van der Waals surface area contributed by atoms with E-state index in [-0.39, 0.29) is 0 Å². The minimum Gasteiger partial charge on any atom is -0.399 e. The maximum atomic E-state index is 11.8. The molecule has 0 atom stereocenters. The Hall–Kier alpha value is -1.91. The number of hydrogen-bond donors (Lipinski definition) is 3. The van der Waals surface area contributed by atoms with Crippen LogP contribution in [-0.2, 0) is 0 Å². The first kappa shape index (κ1) is 13.5. The Morgan fingerprint density at radius 3 is 2.37 bits per heavy atom. The zero-order valence-corrected chi connectivity index (χ0v) is 11.3. The van der Waals surface area contributed by atoms with Crippen LogP contribution in [0.1, 0.15) is 0 Å². The first-order valence-electron chi connectivity index (χ1n) is 5.44. The smallest absolute Gasteiger partial charge is 0.323 e. The van der Waals surface area contributed by atoms with Crippen molar-refractivity contribution >= 4 is 46.3 Å². The van der Waals surface area contributed by atoms with E-state index in [1.54, 1.807) is 42.5 Å². The second-order valence-electron chi connectivity index (χ2n) is 3.80. The molecule has 0 aliphatic rings. The van der Waals surface area contributed by atoms with Crippen molar-refractivity contribution in [1.29, 1.82) is 0 Å². The second-order valence-corrected chi connectivity index (χ2v) is 4.59. The lowest BCUT2D eigenvalue weighted by Crippen LogP contribution is -2.19. The largest absolute Gasteiger partial charge is 0.399 e. The van der Waals surface area contributed by atoms with Gasteiger partial charge < -0.3 is 16.4 Å². The number of carbonyl (C=O) groups is 1. The quantitative estimate of drug-likeness (QED) is 0.726. The fourth-order valence-corrected chi connectivity index (χ4v) is 1.80. The van der Waals surface area contributed by atoms with Crippen LogP contribution in [0.5, 0.6) is 0 Å². The van der Waals surface area contributed by atoms with Gasteiger partial charge in [0.2, 0.25) is 0 Å². The zero-order valence-electron chi connectivity index (χ0n) is 9.78. The molecule has 2 aromatic carbocycles. The highest BCUT2D eigenvalue weighted by molar-refractivity contribution is 6.44. The highest BCUT2D eigenvalue weighted by Crippen LogP contribution is 2.29. The minimum atomic E-state index is -0.408. The zero-order chi connectivity index (χ0) is 13.8. The van der Waals surface area contributed by atoms with E-state index in [0.717, 1.165) is 0 Å². The maximum Gasteiger partial charge on any atom is 0.323 e. The predicted octanol–water partition coefficient (Wildman–Crippen LogP) is 4.22. The molecule has 2 rings (SSSR count). The molecular weight excluding hydrogens is 285 g/mol. The molecule has 0 fully saturated rings. The summed E-state index contributed by atoms with van der Waals surface area (Å²) in [4.78, 5) is 11.8. The molecule has 4 N–H and O–H groups in total. The number of anilines is 3. The molecule has 0 heterocycles. The Bertz CT molecular complexity index is 599. The summed E-state index contributed by atoms with van der Waals surface area (Å²) in [7, 11) is 0. The number of rotatable bonds is 2. The van der Waals surface area contributed by atoms with Crippen molar-refractivity contribution in [2.75, 3.05) is 16.4 Å². The van der Waals surface area contributed by atoms with Gasteiger partial charge in [0.15, 0.2) is 0 Å². The topological polar surface area (TPSA) is 67.1 Å². The number of carbonyl (C=O) groups excluding carboxylic acids is 1. The number of nitrogens with two attached hydrogens (primary N) is 1. The van der Waals surface area contributed by atoms with E-state index in [4.69, 9.17) is 28.9 Å². The van der Waals surface area contributed by atoms with E-state index in [2.05, 4.69) is 10.6 Å². The molecule has 98 valence electrons. The maximum absolute atomic E-state index is 11.8. The van der Waals surface area contributed by atoms with Crippen molar-refractivity contribution in [2.45, 2.75) is 0 Å². The molecule has 19 heavy (non-hydrogen) atoms. The van der Waals surface area contributed by atoms with E-state index in [1.807, 2.05) is 0 Å². The SMILES string of the molecule is Nc1ccc(NC(=O)Nc2cccc(Cl)c2Cl)cc1. The van der Waals surface area contributed by atoms with Crippen LogP contribution in [0.2, 0.25) is 10.0 Å². The van der Waals surface area contributed by atoms with Crippen LogP contribution >= 0.6 is 23.2 Å². The molecule has 2 aromatic rings. The number of halogens is 2. The lowest BCUT2D eigenvalue weighted by molar-refractivity contribution is 0.262. The minimum absolute atomic E-state index is 0.302. The predicted molar refractivity (Wildman–Crippen MR) is 80.0 cm³/mol. The van der Waals surface area contributed by atoms with Crippen LogP contribution in [0.15, 0.2) is 42.5 Å². The van der Waals surface area contributed by atoms with E-state index in [1.165, 1.54) is 0 Å². The van der Waals surface area contributed by atoms with Crippen LogP contribution in [-0.4, -0.2) is 6.03 Å². The van der Waals surface area contributed by atoms with Gasteiger partial charge in [0, 0.05) is 11.4 Å². The molecule has 2 amide bonds. The van der Waals surface area contributed by atoms with Crippen molar-refractivity contribution in [1.82, 2.24) is 0 Å². The standard InChI is InChI=1S/C13H11Cl2N3O/c14-10-2-1-3-11(12(10)15)18-13(19)17-9-6-4-8(16)5-7-9/h1-7H,16H2,(H2,17,18,19). The van der Waals surface area contributed by atoms with Gasteiger partial charge in [-0.2, -0.15) is 0 Å². The average Bonchev–Trinajstić information content (AvgIpc) is 2.38. The third-order valence-electron chi connectivity index (χ3n) is 2.37. The van der Waals surface area contributed by atoms with E-state index in [0.29, 0.717) is 27.1 Å². The van der Waals surface area contributed by atoms with Crippen LogP contribution < -0.4 is 16.4 Å². The first-order chi connectivity index (χ1) is 9.06. The summed E-state index contributed by atoms with van der Waals surface area (Å²) in [5.74, 6) is 0. The summed E-state index contributed by atoms with van der Waals surface area (Å²) < 4.78 is 0. The first-order valence-corrected chi connectivity index (χ1v) is 6.19. The molecule has 0 saturated heterocycles. The normalized spacial score (nSPS) is 10.0. The average molecular weight is 296 g/mol. The van der Waals surface area contributed by atoms with Gasteiger partial charge in [-0.15, -0.1) is 0 Å². The Morgan fingerprint density at radius 1 is 1.00 bits per heavy atom. The molecule has 4 nitrogen and oxygen atoms in total. The Kier molecular flexibility index (Phi) is 4.14. The van der Waals surface area contributed by atoms with Gasteiger partial charge >= 0.3 is 6.03 Å². The summed E-state index contributed by atoms with van der Waals surface area (Å²) in [5, 5.41) is 5.96.